The quantitative estimate of drug-likeness (QED) is 0.478. The summed E-state index contributed by atoms with van der Waals surface area (Å²) in [5, 5.41) is 3.50. The van der Waals surface area contributed by atoms with Gasteiger partial charge in [0.05, 0.1) is 23.2 Å². The largest absolute Gasteiger partial charge is 0.466 e. The SMILES string of the molecule is CCOC(=O)CCCCNC1c2ccccc2N(C)S(=O)(=O)c2cc(Br)ccc21. The van der Waals surface area contributed by atoms with Crippen molar-refractivity contribution in [3.05, 3.63) is 58.1 Å². The Labute approximate surface area is 180 Å². The summed E-state index contributed by atoms with van der Waals surface area (Å²) in [5.41, 5.74) is 2.28. The smallest absolute Gasteiger partial charge is 0.305 e. The molecule has 0 amide bonds. The number of rotatable bonds is 7. The van der Waals surface area contributed by atoms with Crippen LogP contribution in [0.25, 0.3) is 0 Å². The van der Waals surface area contributed by atoms with Crippen LogP contribution in [0.1, 0.15) is 43.4 Å². The van der Waals surface area contributed by atoms with Crippen LogP contribution < -0.4 is 9.62 Å². The fourth-order valence-corrected chi connectivity index (χ4v) is 5.52. The number of unbranched alkanes of at least 4 members (excludes halogenated alkanes) is 1. The lowest BCUT2D eigenvalue weighted by Crippen LogP contribution is -2.26. The molecule has 3 rings (SSSR count). The molecule has 0 saturated heterocycles. The van der Waals surface area contributed by atoms with E-state index in [1.807, 2.05) is 36.4 Å². The fraction of sp³-hybridized carbons (Fsp3) is 0.381. The summed E-state index contributed by atoms with van der Waals surface area (Å²) in [4.78, 5) is 11.8. The van der Waals surface area contributed by atoms with Crippen molar-refractivity contribution in [2.75, 3.05) is 24.5 Å². The molecule has 1 N–H and O–H groups in total. The zero-order valence-corrected chi connectivity index (χ0v) is 18.9. The molecule has 2 aromatic carbocycles. The number of para-hydroxylation sites is 1. The minimum absolute atomic E-state index is 0.185. The van der Waals surface area contributed by atoms with Crippen LogP contribution in [0.4, 0.5) is 5.69 Å². The van der Waals surface area contributed by atoms with Crippen molar-refractivity contribution >= 4 is 37.6 Å². The van der Waals surface area contributed by atoms with Gasteiger partial charge in [0, 0.05) is 17.9 Å². The van der Waals surface area contributed by atoms with Crippen molar-refractivity contribution in [2.24, 2.45) is 0 Å². The van der Waals surface area contributed by atoms with Crippen LogP contribution in [-0.4, -0.2) is 34.6 Å². The van der Waals surface area contributed by atoms with Gasteiger partial charge < -0.3 is 10.1 Å². The van der Waals surface area contributed by atoms with Gasteiger partial charge in [-0.1, -0.05) is 40.2 Å². The maximum atomic E-state index is 13.2. The van der Waals surface area contributed by atoms with Gasteiger partial charge in [-0.2, -0.15) is 0 Å². The standard InChI is InChI=1S/C21H25BrN2O4S/c1-3-28-20(25)10-6-7-13-23-21-16-8-4-5-9-18(16)24(2)29(26,27)19-14-15(22)11-12-17(19)21/h4-5,8-9,11-12,14,21,23H,3,6-7,10,13H2,1-2H3. The topological polar surface area (TPSA) is 75.7 Å². The molecule has 1 aliphatic heterocycles. The fourth-order valence-electron chi connectivity index (χ4n) is 3.53. The lowest BCUT2D eigenvalue weighted by atomic mass is 9.96. The Morgan fingerprint density at radius 2 is 1.93 bits per heavy atom. The molecule has 156 valence electrons. The minimum atomic E-state index is -3.68. The van der Waals surface area contributed by atoms with Crippen molar-refractivity contribution in [3.63, 3.8) is 0 Å². The number of esters is 1. The lowest BCUT2D eigenvalue weighted by Gasteiger charge is -2.22. The van der Waals surface area contributed by atoms with Gasteiger partial charge in [-0.25, -0.2) is 8.42 Å². The van der Waals surface area contributed by atoms with Crippen molar-refractivity contribution in [1.29, 1.82) is 0 Å². The molecule has 0 fully saturated rings. The maximum Gasteiger partial charge on any atom is 0.305 e. The molecule has 8 heteroatoms. The highest BCUT2D eigenvalue weighted by Crippen LogP contribution is 2.40. The van der Waals surface area contributed by atoms with Gasteiger partial charge in [-0.05, 0) is 55.6 Å². The number of hydrogen-bond donors (Lipinski definition) is 1. The van der Waals surface area contributed by atoms with Gasteiger partial charge in [-0.3, -0.25) is 9.10 Å². The molecule has 0 aliphatic carbocycles. The monoisotopic (exact) mass is 480 g/mol. The van der Waals surface area contributed by atoms with E-state index in [4.69, 9.17) is 4.74 Å². The average molecular weight is 481 g/mol. The van der Waals surface area contributed by atoms with Gasteiger partial charge in [0.25, 0.3) is 10.0 Å². The van der Waals surface area contributed by atoms with E-state index in [1.165, 1.54) is 4.31 Å². The van der Waals surface area contributed by atoms with E-state index in [1.54, 1.807) is 20.0 Å². The number of sulfonamides is 1. The number of hydrogen-bond acceptors (Lipinski definition) is 5. The summed E-state index contributed by atoms with van der Waals surface area (Å²) in [7, 11) is -2.09. The van der Waals surface area contributed by atoms with Gasteiger partial charge in [-0.15, -0.1) is 0 Å². The number of nitrogens with one attached hydrogen (secondary N) is 1. The molecule has 0 bridgehead atoms. The predicted octanol–water partition coefficient (Wildman–Crippen LogP) is 4.00. The van der Waals surface area contributed by atoms with E-state index in [2.05, 4.69) is 21.2 Å². The Balaban J connectivity index is 1.88. The van der Waals surface area contributed by atoms with E-state index in [0.29, 0.717) is 36.2 Å². The number of fused-ring (bicyclic) bond motifs is 2. The molecule has 29 heavy (non-hydrogen) atoms. The molecule has 2 aromatic rings. The molecule has 0 saturated carbocycles. The third-order valence-electron chi connectivity index (χ3n) is 4.97. The Morgan fingerprint density at radius 3 is 2.69 bits per heavy atom. The Kier molecular flexibility index (Phi) is 6.97. The van der Waals surface area contributed by atoms with E-state index < -0.39 is 10.0 Å². The maximum absolute atomic E-state index is 13.2. The van der Waals surface area contributed by atoms with Crippen molar-refractivity contribution < 1.29 is 17.9 Å². The molecule has 1 heterocycles. The van der Waals surface area contributed by atoms with Crippen LogP contribution in [0.2, 0.25) is 0 Å². The van der Waals surface area contributed by atoms with Crippen LogP contribution in [0.5, 0.6) is 0 Å². The molecule has 0 spiro atoms. The van der Waals surface area contributed by atoms with Crippen LogP contribution in [-0.2, 0) is 19.6 Å². The summed E-state index contributed by atoms with van der Waals surface area (Å²) in [6.45, 7) is 2.84. The van der Waals surface area contributed by atoms with Crippen LogP contribution in [0.15, 0.2) is 51.8 Å². The highest BCUT2D eigenvalue weighted by atomic mass is 79.9. The zero-order chi connectivity index (χ0) is 21.0. The number of carbonyl (C=O) groups excluding carboxylic acids is 1. The first kappa shape index (κ1) is 21.8. The molecule has 1 unspecified atom stereocenters. The summed E-state index contributed by atoms with van der Waals surface area (Å²) in [5.74, 6) is -0.185. The number of carbonyl (C=O) groups is 1. The molecular weight excluding hydrogens is 456 g/mol. The second-order valence-corrected chi connectivity index (χ2v) is 9.72. The highest BCUT2D eigenvalue weighted by molar-refractivity contribution is 9.10. The number of nitrogens with zero attached hydrogens (tertiary/aromatic N) is 1. The molecule has 1 atom stereocenters. The number of halogens is 1. The second kappa shape index (κ2) is 9.28. The van der Waals surface area contributed by atoms with Crippen molar-refractivity contribution in [3.8, 4) is 0 Å². The highest BCUT2D eigenvalue weighted by Gasteiger charge is 2.34. The average Bonchev–Trinajstić information content (AvgIpc) is 2.76. The summed E-state index contributed by atoms with van der Waals surface area (Å²) < 4.78 is 33.5. The van der Waals surface area contributed by atoms with E-state index >= 15 is 0 Å². The van der Waals surface area contributed by atoms with Gasteiger partial charge in [0.2, 0.25) is 0 Å². The van der Waals surface area contributed by atoms with E-state index in [0.717, 1.165) is 17.5 Å². The van der Waals surface area contributed by atoms with Crippen LogP contribution >= 0.6 is 15.9 Å². The number of ether oxygens (including phenoxy) is 1. The lowest BCUT2D eigenvalue weighted by molar-refractivity contribution is -0.143. The van der Waals surface area contributed by atoms with Crippen molar-refractivity contribution in [2.45, 2.75) is 37.1 Å². The Morgan fingerprint density at radius 1 is 1.17 bits per heavy atom. The number of benzene rings is 2. The molecule has 0 radical (unpaired) electrons. The second-order valence-electron chi connectivity index (χ2n) is 6.86. The van der Waals surface area contributed by atoms with Gasteiger partial charge in [0.1, 0.15) is 0 Å². The summed E-state index contributed by atoms with van der Waals surface area (Å²) in [6, 6.07) is 12.6. The molecule has 1 aliphatic rings. The van der Waals surface area contributed by atoms with Gasteiger partial charge in [0.15, 0.2) is 0 Å². The third-order valence-corrected chi connectivity index (χ3v) is 7.29. The molecule has 6 nitrogen and oxygen atoms in total. The zero-order valence-electron chi connectivity index (χ0n) is 16.5. The molecule has 0 aromatic heterocycles. The van der Waals surface area contributed by atoms with Crippen molar-refractivity contribution in [1.82, 2.24) is 5.32 Å². The predicted molar refractivity (Wildman–Crippen MR) is 117 cm³/mol. The first-order valence-corrected chi connectivity index (χ1v) is 11.9. The Hall–Kier alpha value is -1.90. The summed E-state index contributed by atoms with van der Waals surface area (Å²) >= 11 is 3.39. The molecular formula is C21H25BrN2O4S. The third kappa shape index (κ3) is 4.65. The van der Waals surface area contributed by atoms with Gasteiger partial charge >= 0.3 is 5.97 Å². The van der Waals surface area contributed by atoms with Crippen LogP contribution in [0, 0.1) is 0 Å². The number of anilines is 1. The summed E-state index contributed by atoms with van der Waals surface area (Å²) in [6.07, 6.45) is 1.88. The van der Waals surface area contributed by atoms with Crippen LogP contribution in [0.3, 0.4) is 0 Å². The normalized spacial score (nSPS) is 17.2. The first-order valence-electron chi connectivity index (χ1n) is 9.62. The van der Waals surface area contributed by atoms with E-state index in [9.17, 15) is 13.2 Å². The van der Waals surface area contributed by atoms with E-state index in [-0.39, 0.29) is 16.9 Å². The first-order chi connectivity index (χ1) is 13.9. The Bertz CT molecular complexity index is 994. The minimum Gasteiger partial charge on any atom is -0.466 e.